The van der Waals surface area contributed by atoms with Crippen molar-refractivity contribution in [1.29, 1.82) is 0 Å². The van der Waals surface area contributed by atoms with E-state index < -0.39 is 5.41 Å². The monoisotopic (exact) mass is 984 g/mol. The van der Waals surface area contributed by atoms with Gasteiger partial charge in [-0.3, -0.25) is 0 Å². The molecule has 11 aromatic carbocycles. The maximum atomic E-state index is 2.64. The third kappa shape index (κ3) is 6.15. The number of para-hydroxylation sites is 4. The largest absolute Gasteiger partial charge is 0.308 e. The number of fused-ring (bicyclic) bond motifs is 9. The van der Waals surface area contributed by atoms with Crippen LogP contribution in [0.1, 0.15) is 40.7 Å². The van der Waals surface area contributed by atoms with Crippen LogP contribution in [0.4, 0.5) is 17.1 Å². The highest BCUT2D eigenvalue weighted by atomic mass is 32.1. The molecule has 2 aromatic heterocycles. The molecule has 1 aliphatic heterocycles. The molecule has 3 heterocycles. The van der Waals surface area contributed by atoms with E-state index in [2.05, 4.69) is 276 Å². The molecule has 0 amide bonds. The zero-order chi connectivity index (χ0) is 49.9. The van der Waals surface area contributed by atoms with Gasteiger partial charge < -0.3 is 9.47 Å². The lowest BCUT2D eigenvalue weighted by atomic mass is 9.66. The zero-order valence-electron chi connectivity index (χ0n) is 41.6. The van der Waals surface area contributed by atoms with E-state index >= 15 is 0 Å². The van der Waals surface area contributed by atoms with Gasteiger partial charge in [0, 0.05) is 48.6 Å². The Labute approximate surface area is 446 Å². The lowest BCUT2D eigenvalue weighted by molar-refractivity contribution is 0.769. The van der Waals surface area contributed by atoms with Crippen molar-refractivity contribution in [2.24, 2.45) is 0 Å². The van der Waals surface area contributed by atoms with Gasteiger partial charge in [0.2, 0.25) is 0 Å². The Bertz CT molecular complexity index is 4590. The number of hydrogen-bond acceptors (Lipinski definition) is 2. The van der Waals surface area contributed by atoms with Crippen LogP contribution in [0.2, 0.25) is 0 Å². The zero-order valence-corrected chi connectivity index (χ0v) is 42.4. The number of hydrogen-bond donors (Lipinski definition) is 0. The molecule has 3 heteroatoms. The lowest BCUT2D eigenvalue weighted by Crippen LogP contribution is -2.29. The summed E-state index contributed by atoms with van der Waals surface area (Å²) in [5.41, 5.74) is 23.8. The van der Waals surface area contributed by atoms with E-state index in [9.17, 15) is 0 Å². The van der Waals surface area contributed by atoms with E-state index in [4.69, 9.17) is 0 Å². The van der Waals surface area contributed by atoms with Crippen LogP contribution in [0.3, 0.4) is 0 Å². The summed E-state index contributed by atoms with van der Waals surface area (Å²) in [5.74, 6) is 0. The van der Waals surface area contributed by atoms with Crippen molar-refractivity contribution in [3.63, 3.8) is 0 Å². The summed E-state index contributed by atoms with van der Waals surface area (Å²) in [7, 11) is 0. The first-order valence-electron chi connectivity index (χ1n) is 26.6. The van der Waals surface area contributed by atoms with Crippen molar-refractivity contribution in [2.75, 3.05) is 4.90 Å². The minimum atomic E-state index is -0.742. The summed E-state index contributed by atoms with van der Waals surface area (Å²) in [6.07, 6.45) is 9.18. The quantitative estimate of drug-likeness (QED) is 0.147. The average Bonchev–Trinajstić information content (AvgIpc) is 4.33. The molecule has 0 saturated carbocycles. The normalized spacial score (nSPS) is 15.1. The Hall–Kier alpha value is -9.28. The van der Waals surface area contributed by atoms with Crippen LogP contribution in [0, 0.1) is 0 Å². The van der Waals surface area contributed by atoms with Gasteiger partial charge in [-0.15, -0.1) is 11.3 Å². The highest BCUT2D eigenvalue weighted by Crippen LogP contribution is 2.64. The molecule has 0 bridgehead atoms. The molecule has 0 spiro atoms. The molecule has 2 nitrogen and oxygen atoms in total. The molecular formula is C73H48N2S. The predicted octanol–water partition coefficient (Wildman–Crippen LogP) is 20.0. The summed E-state index contributed by atoms with van der Waals surface area (Å²) >= 11 is 1.88. The first-order valence-corrected chi connectivity index (χ1v) is 27.4. The lowest BCUT2D eigenvalue weighted by Gasteiger charge is -2.35. The maximum absolute atomic E-state index is 2.64. The first-order chi connectivity index (χ1) is 37.7. The number of rotatable bonds is 8. The van der Waals surface area contributed by atoms with Gasteiger partial charge in [-0.1, -0.05) is 206 Å². The van der Waals surface area contributed by atoms with Crippen LogP contribution in [0.5, 0.6) is 0 Å². The maximum Gasteiger partial charge on any atom is 0.0715 e. The van der Waals surface area contributed by atoms with Gasteiger partial charge in [0.15, 0.2) is 0 Å². The van der Waals surface area contributed by atoms with Gasteiger partial charge in [0.1, 0.15) is 0 Å². The summed E-state index contributed by atoms with van der Waals surface area (Å²) in [6.45, 7) is 0. The van der Waals surface area contributed by atoms with Gasteiger partial charge in [0.25, 0.3) is 0 Å². The summed E-state index contributed by atoms with van der Waals surface area (Å²) in [6, 6.07) is 93.8. The second-order valence-corrected chi connectivity index (χ2v) is 21.6. The third-order valence-electron chi connectivity index (χ3n) is 16.6. The standard InChI is InChI=1S/C73H48N2S/c1-4-22-47(23-5-1)49-26-18-28-51(44-49)73(52-29-19-27-50(45-52)48-24-6-2-7-25-48)61-38-20-36-57-54-32-10-15-40-64(54)75-65-41-16-12-35-59(65)68-60(46-62(73)70(69(57)61)71(68)75)55-33-11-14-39-63(55)74(53-30-8-3-9-31-53)66-42-21-37-58-56-34-13-17-43-67(56)76-72(58)66/h1,3-6,8-46H,2,7H2. The Balaban J connectivity index is 1.09. The minimum Gasteiger partial charge on any atom is -0.308 e. The van der Waals surface area contributed by atoms with Crippen LogP contribution < -0.4 is 4.90 Å². The molecule has 0 saturated heterocycles. The smallest absolute Gasteiger partial charge is 0.0715 e. The predicted molar refractivity (Wildman–Crippen MR) is 322 cm³/mol. The van der Waals surface area contributed by atoms with E-state index in [1.54, 1.807) is 0 Å². The van der Waals surface area contributed by atoms with Crippen molar-refractivity contribution in [1.82, 2.24) is 4.57 Å². The number of allylic oxidation sites excluding steroid dienone is 4. The molecule has 1 atom stereocenters. The molecule has 1 unspecified atom stereocenters. The highest BCUT2D eigenvalue weighted by Gasteiger charge is 2.50. The van der Waals surface area contributed by atoms with Crippen molar-refractivity contribution in [2.45, 2.75) is 18.3 Å². The van der Waals surface area contributed by atoms with E-state index in [1.165, 1.54) is 126 Å². The topological polar surface area (TPSA) is 8.17 Å². The van der Waals surface area contributed by atoms with Gasteiger partial charge in [0.05, 0.1) is 38.2 Å². The first kappa shape index (κ1) is 43.2. The Morgan fingerprint density at radius 3 is 1.92 bits per heavy atom. The molecule has 356 valence electrons. The molecule has 0 N–H and O–H groups in total. The molecule has 0 fully saturated rings. The van der Waals surface area contributed by atoms with Gasteiger partial charge in [-0.25, -0.2) is 0 Å². The summed E-state index contributed by atoms with van der Waals surface area (Å²) in [5, 5.41) is 5.05. The van der Waals surface area contributed by atoms with Crippen LogP contribution in [0.25, 0.3) is 97.7 Å². The summed E-state index contributed by atoms with van der Waals surface area (Å²) in [4.78, 5) is 2.52. The van der Waals surface area contributed by atoms with Crippen LogP contribution in [0.15, 0.2) is 267 Å². The van der Waals surface area contributed by atoms with Crippen molar-refractivity contribution in [3.8, 4) is 50.2 Å². The van der Waals surface area contributed by atoms with Crippen LogP contribution in [-0.4, -0.2) is 4.57 Å². The molecule has 76 heavy (non-hydrogen) atoms. The Kier molecular flexibility index (Phi) is 9.58. The molecule has 2 aliphatic carbocycles. The van der Waals surface area contributed by atoms with Gasteiger partial charge in [-0.05, 0) is 135 Å². The summed E-state index contributed by atoms with van der Waals surface area (Å²) < 4.78 is 5.17. The number of nitrogens with zero attached hydrogens (tertiary/aromatic N) is 2. The fraction of sp³-hybridized carbons (Fsp3) is 0.0411. The van der Waals surface area contributed by atoms with Gasteiger partial charge >= 0.3 is 0 Å². The molecule has 3 aliphatic rings. The SMILES string of the molecule is C1=CC(c2cccc(C3(c4cccc(-c5ccccc5)c4)c4cccc5c4-c4c3cc(-c3ccccc3N(c3ccccc3)c3cccc6c3sc3ccccc36)c3c6ccccc6n(c43)-c3ccccc3-5)c2)=CCC1. The van der Waals surface area contributed by atoms with Crippen LogP contribution in [-0.2, 0) is 5.41 Å². The molecule has 13 aromatic rings. The van der Waals surface area contributed by atoms with E-state index in [-0.39, 0.29) is 0 Å². The number of aromatic nitrogens is 1. The van der Waals surface area contributed by atoms with Crippen molar-refractivity contribution in [3.05, 3.63) is 295 Å². The fourth-order valence-electron chi connectivity index (χ4n) is 13.5. The third-order valence-corrected chi connectivity index (χ3v) is 17.8. The van der Waals surface area contributed by atoms with E-state index in [0.717, 1.165) is 29.9 Å². The second-order valence-electron chi connectivity index (χ2n) is 20.5. The number of anilines is 3. The minimum absolute atomic E-state index is 0.742. The highest BCUT2D eigenvalue weighted by molar-refractivity contribution is 7.26. The van der Waals surface area contributed by atoms with E-state index in [1.807, 2.05) is 11.3 Å². The number of thiophene rings is 1. The van der Waals surface area contributed by atoms with Gasteiger partial charge in [-0.2, -0.15) is 0 Å². The molecule has 16 rings (SSSR count). The fourth-order valence-corrected chi connectivity index (χ4v) is 14.7. The second kappa shape index (κ2) is 16.9. The molecular weight excluding hydrogens is 937 g/mol. The van der Waals surface area contributed by atoms with Crippen molar-refractivity contribution < 1.29 is 0 Å². The van der Waals surface area contributed by atoms with Crippen LogP contribution >= 0.6 is 11.3 Å². The molecule has 0 radical (unpaired) electrons. The van der Waals surface area contributed by atoms with Crippen molar-refractivity contribution >= 4 is 76.0 Å². The Morgan fingerprint density at radius 2 is 1.08 bits per heavy atom. The van der Waals surface area contributed by atoms with E-state index in [0.29, 0.717) is 0 Å². The average molecular weight is 985 g/mol. The Morgan fingerprint density at radius 1 is 0.434 bits per heavy atom. The number of benzene rings is 11.